The van der Waals surface area contributed by atoms with Crippen LogP contribution in [0.4, 0.5) is 0 Å². The molecule has 0 radical (unpaired) electrons. The standard InChI is InChI=1S/C20H21ClO6/c1-6-20(4,24)11-8-13(25-5)10(3)16-17(11)26-18-14(19(23)27-16)9(2)7-12(22)15(18)21/h7-8,22,24H,6H2,1-5H3. The maximum Gasteiger partial charge on any atom is 0.347 e. The number of benzene rings is 2. The molecule has 6 nitrogen and oxygen atoms in total. The van der Waals surface area contributed by atoms with Crippen molar-refractivity contribution in [2.24, 2.45) is 0 Å². The topological polar surface area (TPSA) is 85.2 Å². The molecule has 0 amide bonds. The molecule has 7 heteroatoms. The summed E-state index contributed by atoms with van der Waals surface area (Å²) in [6.45, 7) is 6.81. The molecule has 2 aromatic carbocycles. The molecule has 0 bridgehead atoms. The van der Waals surface area contributed by atoms with E-state index in [1.54, 1.807) is 26.8 Å². The fourth-order valence-electron chi connectivity index (χ4n) is 3.08. The van der Waals surface area contributed by atoms with Crippen LogP contribution >= 0.6 is 11.6 Å². The molecule has 2 N–H and O–H groups in total. The lowest BCUT2D eigenvalue weighted by Crippen LogP contribution is -2.21. The highest BCUT2D eigenvalue weighted by atomic mass is 35.5. The number of carbonyl (C=O) groups excluding carboxylic acids is 1. The third-order valence-corrected chi connectivity index (χ3v) is 5.29. The normalized spacial score (nSPS) is 15.0. The first-order valence-electron chi connectivity index (χ1n) is 8.48. The first kappa shape index (κ1) is 19.3. The van der Waals surface area contributed by atoms with Crippen molar-refractivity contribution >= 4 is 17.6 Å². The number of aliphatic hydroxyl groups is 1. The van der Waals surface area contributed by atoms with Gasteiger partial charge in [0, 0.05) is 11.1 Å². The second-order valence-electron chi connectivity index (χ2n) is 6.76. The van der Waals surface area contributed by atoms with Crippen molar-refractivity contribution in [2.75, 3.05) is 7.11 Å². The number of hydrogen-bond acceptors (Lipinski definition) is 6. The fraction of sp³-hybridized carbons (Fsp3) is 0.350. The summed E-state index contributed by atoms with van der Waals surface area (Å²) in [5.74, 6) is -0.116. The lowest BCUT2D eigenvalue weighted by molar-refractivity contribution is 0.0501. The Labute approximate surface area is 162 Å². The number of methoxy groups -OCH3 is 1. The van der Waals surface area contributed by atoms with Gasteiger partial charge in [0.15, 0.2) is 17.2 Å². The number of ether oxygens (including phenoxy) is 3. The van der Waals surface area contributed by atoms with Gasteiger partial charge in [0.2, 0.25) is 0 Å². The number of hydrogen-bond donors (Lipinski definition) is 2. The monoisotopic (exact) mass is 392 g/mol. The van der Waals surface area contributed by atoms with Gasteiger partial charge in [-0.15, -0.1) is 0 Å². The van der Waals surface area contributed by atoms with Gasteiger partial charge in [0.1, 0.15) is 22.1 Å². The lowest BCUT2D eigenvalue weighted by atomic mass is 9.90. The highest BCUT2D eigenvalue weighted by Crippen LogP contribution is 2.52. The average molecular weight is 393 g/mol. The van der Waals surface area contributed by atoms with E-state index in [1.807, 2.05) is 6.92 Å². The number of aromatic hydroxyl groups is 1. The minimum atomic E-state index is -1.28. The minimum Gasteiger partial charge on any atom is -0.506 e. The molecule has 1 aliphatic rings. The number of fused-ring (bicyclic) bond motifs is 2. The van der Waals surface area contributed by atoms with Crippen LogP contribution in [0.15, 0.2) is 12.1 Å². The number of aryl methyl sites for hydroxylation is 1. The van der Waals surface area contributed by atoms with Crippen molar-refractivity contribution in [3.8, 4) is 28.7 Å². The molecule has 2 aromatic rings. The Balaban J connectivity index is 2.38. The molecule has 27 heavy (non-hydrogen) atoms. The molecule has 0 aliphatic carbocycles. The van der Waals surface area contributed by atoms with Gasteiger partial charge in [-0.3, -0.25) is 0 Å². The van der Waals surface area contributed by atoms with Gasteiger partial charge in [-0.2, -0.15) is 0 Å². The first-order valence-corrected chi connectivity index (χ1v) is 8.86. The zero-order valence-electron chi connectivity index (χ0n) is 15.8. The van der Waals surface area contributed by atoms with Crippen molar-refractivity contribution in [1.82, 2.24) is 0 Å². The van der Waals surface area contributed by atoms with Crippen LogP contribution in [0, 0.1) is 13.8 Å². The van der Waals surface area contributed by atoms with Crippen molar-refractivity contribution in [3.63, 3.8) is 0 Å². The molecular formula is C20H21ClO6. The predicted molar refractivity (Wildman–Crippen MR) is 100 cm³/mol. The molecule has 0 saturated heterocycles. The second-order valence-corrected chi connectivity index (χ2v) is 7.14. The molecule has 0 aromatic heterocycles. The van der Waals surface area contributed by atoms with E-state index in [1.165, 1.54) is 13.2 Å². The lowest BCUT2D eigenvalue weighted by Gasteiger charge is -2.27. The molecule has 0 fully saturated rings. The summed E-state index contributed by atoms with van der Waals surface area (Å²) in [5.41, 5.74) is 0.232. The summed E-state index contributed by atoms with van der Waals surface area (Å²) in [7, 11) is 1.49. The van der Waals surface area contributed by atoms with Crippen molar-refractivity contribution in [3.05, 3.63) is 39.4 Å². The number of carbonyl (C=O) groups is 1. The molecular weight excluding hydrogens is 372 g/mol. The molecule has 0 spiro atoms. The molecule has 1 atom stereocenters. The molecule has 1 heterocycles. The minimum absolute atomic E-state index is 0.00404. The van der Waals surface area contributed by atoms with Crippen LogP contribution in [-0.2, 0) is 5.60 Å². The SMILES string of the molecule is CCC(C)(O)c1cc(OC)c(C)c2c1Oc1c(Cl)c(O)cc(C)c1C(=O)O2. The van der Waals surface area contributed by atoms with Crippen LogP contribution in [0.2, 0.25) is 5.02 Å². The van der Waals surface area contributed by atoms with Crippen LogP contribution in [0.25, 0.3) is 0 Å². The number of phenols is 1. The van der Waals surface area contributed by atoms with E-state index in [4.69, 9.17) is 25.8 Å². The summed E-state index contributed by atoms with van der Waals surface area (Å²) in [5, 5.41) is 20.8. The fourth-order valence-corrected chi connectivity index (χ4v) is 3.26. The summed E-state index contributed by atoms with van der Waals surface area (Å²) in [4.78, 5) is 12.8. The zero-order valence-corrected chi connectivity index (χ0v) is 16.5. The van der Waals surface area contributed by atoms with Crippen LogP contribution < -0.4 is 14.2 Å². The number of phenolic OH excluding ortho intramolecular Hbond substituents is 1. The van der Waals surface area contributed by atoms with Crippen molar-refractivity contribution in [2.45, 2.75) is 39.7 Å². The van der Waals surface area contributed by atoms with Crippen LogP contribution in [0.1, 0.15) is 47.3 Å². The maximum absolute atomic E-state index is 12.8. The molecule has 1 unspecified atom stereocenters. The van der Waals surface area contributed by atoms with Gasteiger partial charge in [-0.1, -0.05) is 18.5 Å². The third-order valence-electron chi connectivity index (χ3n) is 4.93. The molecule has 0 saturated carbocycles. The van der Waals surface area contributed by atoms with Gasteiger partial charge in [0.05, 0.1) is 12.7 Å². The Morgan fingerprint density at radius 2 is 1.85 bits per heavy atom. The second kappa shape index (κ2) is 6.62. The van der Waals surface area contributed by atoms with E-state index >= 15 is 0 Å². The smallest absolute Gasteiger partial charge is 0.347 e. The van der Waals surface area contributed by atoms with Crippen molar-refractivity contribution in [1.29, 1.82) is 0 Å². The molecule has 1 aliphatic heterocycles. The Morgan fingerprint density at radius 3 is 2.44 bits per heavy atom. The van der Waals surface area contributed by atoms with E-state index in [0.717, 1.165) is 0 Å². The number of esters is 1. The van der Waals surface area contributed by atoms with Gasteiger partial charge in [0.25, 0.3) is 0 Å². The van der Waals surface area contributed by atoms with Crippen LogP contribution in [0.3, 0.4) is 0 Å². The Bertz CT molecular complexity index is 948. The van der Waals surface area contributed by atoms with E-state index in [-0.39, 0.29) is 33.6 Å². The quantitative estimate of drug-likeness (QED) is 0.586. The van der Waals surface area contributed by atoms with E-state index < -0.39 is 11.6 Å². The Hall–Kier alpha value is -2.44. The summed E-state index contributed by atoms with van der Waals surface area (Å²) >= 11 is 6.22. The van der Waals surface area contributed by atoms with Crippen LogP contribution in [-0.4, -0.2) is 23.3 Å². The van der Waals surface area contributed by atoms with Crippen molar-refractivity contribution < 1.29 is 29.2 Å². The van der Waals surface area contributed by atoms with Gasteiger partial charge >= 0.3 is 5.97 Å². The van der Waals surface area contributed by atoms with E-state index in [2.05, 4.69) is 0 Å². The zero-order chi connectivity index (χ0) is 20.1. The third kappa shape index (κ3) is 2.99. The highest BCUT2D eigenvalue weighted by molar-refractivity contribution is 6.34. The summed E-state index contributed by atoms with van der Waals surface area (Å²) in [6, 6.07) is 3.03. The first-order chi connectivity index (χ1) is 12.6. The predicted octanol–water partition coefficient (Wildman–Crippen LogP) is 4.61. The molecule has 144 valence electrons. The van der Waals surface area contributed by atoms with Gasteiger partial charge in [-0.25, -0.2) is 4.79 Å². The van der Waals surface area contributed by atoms with Gasteiger partial charge in [-0.05, 0) is 44.9 Å². The Kier molecular flexibility index (Phi) is 4.74. The maximum atomic E-state index is 12.8. The number of halogens is 1. The summed E-state index contributed by atoms with van der Waals surface area (Å²) < 4.78 is 17.0. The van der Waals surface area contributed by atoms with E-state index in [0.29, 0.717) is 28.9 Å². The Morgan fingerprint density at radius 1 is 1.19 bits per heavy atom. The number of rotatable bonds is 3. The van der Waals surface area contributed by atoms with Crippen LogP contribution in [0.5, 0.6) is 28.7 Å². The molecule has 3 rings (SSSR count). The van der Waals surface area contributed by atoms with Gasteiger partial charge < -0.3 is 24.4 Å². The highest BCUT2D eigenvalue weighted by Gasteiger charge is 2.36. The largest absolute Gasteiger partial charge is 0.506 e. The average Bonchev–Trinajstić information content (AvgIpc) is 2.77. The van der Waals surface area contributed by atoms with E-state index in [9.17, 15) is 15.0 Å². The summed E-state index contributed by atoms with van der Waals surface area (Å²) in [6.07, 6.45) is 0.378.